The number of aryl methyl sites for hydroxylation is 1. The first-order valence-electron chi connectivity index (χ1n) is 5.32. The molecule has 96 valence electrons. The molecule has 0 saturated heterocycles. The van der Waals surface area contributed by atoms with E-state index in [1.807, 2.05) is 14.0 Å². The van der Waals surface area contributed by atoms with Crippen LogP contribution in [0.1, 0.15) is 11.3 Å². The number of nitrogens with one attached hydrogen (secondary N) is 1. The largest absolute Gasteiger partial charge is 0.381 e. The number of hydrogen-bond acceptors (Lipinski definition) is 4. The Morgan fingerprint density at radius 3 is 2.72 bits per heavy atom. The highest BCUT2D eigenvalue weighted by Gasteiger charge is 2.10. The first kappa shape index (κ1) is 12.3. The normalized spacial score (nSPS) is 10.7. The summed E-state index contributed by atoms with van der Waals surface area (Å²) in [6, 6.07) is 0.709. The van der Waals surface area contributed by atoms with Crippen molar-refractivity contribution in [3.63, 3.8) is 0 Å². The molecule has 0 amide bonds. The Balaban J connectivity index is 2.16. The second-order valence-electron chi connectivity index (χ2n) is 3.92. The van der Waals surface area contributed by atoms with Crippen molar-refractivity contribution in [2.24, 2.45) is 7.05 Å². The Bertz CT molecular complexity index is 579. The van der Waals surface area contributed by atoms with Crippen LogP contribution in [0.4, 0.5) is 20.4 Å². The molecular formula is C11H13F2N5. The molecule has 18 heavy (non-hydrogen) atoms. The predicted molar refractivity (Wildman–Crippen MR) is 63.8 cm³/mol. The van der Waals surface area contributed by atoms with Crippen molar-refractivity contribution in [1.29, 1.82) is 0 Å². The van der Waals surface area contributed by atoms with Crippen LogP contribution in [-0.2, 0) is 13.6 Å². The van der Waals surface area contributed by atoms with Crippen LogP contribution in [0.3, 0.4) is 0 Å². The zero-order chi connectivity index (χ0) is 13.3. The molecule has 2 aromatic heterocycles. The van der Waals surface area contributed by atoms with Crippen LogP contribution < -0.4 is 11.1 Å². The standard InChI is InChI=1S/C11H13F2N5/c1-6-7(5-16-18(6)2)4-15-11-9(13)3-8(12)10(14)17-11/h3,5H,4H2,1-2H3,(H3,14,15,17). The minimum Gasteiger partial charge on any atom is -0.381 e. The fourth-order valence-corrected chi connectivity index (χ4v) is 1.50. The van der Waals surface area contributed by atoms with Gasteiger partial charge in [-0.1, -0.05) is 0 Å². The number of hydrogen-bond donors (Lipinski definition) is 2. The molecule has 0 aliphatic rings. The highest BCUT2D eigenvalue weighted by Crippen LogP contribution is 2.17. The van der Waals surface area contributed by atoms with Gasteiger partial charge in [-0.3, -0.25) is 4.68 Å². The Hall–Kier alpha value is -2.18. The van der Waals surface area contributed by atoms with Crippen molar-refractivity contribution < 1.29 is 8.78 Å². The third kappa shape index (κ3) is 2.24. The van der Waals surface area contributed by atoms with E-state index in [0.29, 0.717) is 12.6 Å². The quantitative estimate of drug-likeness (QED) is 0.871. The van der Waals surface area contributed by atoms with E-state index < -0.39 is 11.6 Å². The van der Waals surface area contributed by atoms with Crippen molar-refractivity contribution in [2.75, 3.05) is 11.1 Å². The lowest BCUT2D eigenvalue weighted by atomic mass is 10.2. The van der Waals surface area contributed by atoms with E-state index in [9.17, 15) is 8.78 Å². The SMILES string of the molecule is Cc1c(CNc2nc(N)c(F)cc2F)cnn1C. The monoisotopic (exact) mass is 253 g/mol. The maximum Gasteiger partial charge on any atom is 0.168 e. The van der Waals surface area contributed by atoms with Crippen molar-refractivity contribution >= 4 is 11.6 Å². The van der Waals surface area contributed by atoms with Gasteiger partial charge in [0.1, 0.15) is 0 Å². The molecule has 0 aromatic carbocycles. The molecular weight excluding hydrogens is 240 g/mol. The first-order chi connectivity index (χ1) is 8.49. The van der Waals surface area contributed by atoms with Gasteiger partial charge in [-0.2, -0.15) is 5.10 Å². The van der Waals surface area contributed by atoms with E-state index in [-0.39, 0.29) is 11.6 Å². The molecule has 0 aliphatic heterocycles. The second-order valence-corrected chi connectivity index (χ2v) is 3.92. The lowest BCUT2D eigenvalue weighted by Gasteiger charge is -2.07. The fourth-order valence-electron chi connectivity index (χ4n) is 1.50. The number of pyridine rings is 1. The van der Waals surface area contributed by atoms with E-state index in [1.54, 1.807) is 10.9 Å². The van der Waals surface area contributed by atoms with Crippen LogP contribution in [0, 0.1) is 18.6 Å². The van der Waals surface area contributed by atoms with Crippen LogP contribution in [-0.4, -0.2) is 14.8 Å². The summed E-state index contributed by atoms with van der Waals surface area (Å²) in [6.07, 6.45) is 1.67. The average molecular weight is 253 g/mol. The Morgan fingerprint density at radius 2 is 2.11 bits per heavy atom. The fraction of sp³-hybridized carbons (Fsp3) is 0.273. The van der Waals surface area contributed by atoms with Crippen molar-refractivity contribution in [3.05, 3.63) is 35.2 Å². The molecule has 3 N–H and O–H groups in total. The van der Waals surface area contributed by atoms with Gasteiger partial charge in [0.2, 0.25) is 0 Å². The number of rotatable bonds is 3. The van der Waals surface area contributed by atoms with Crippen LogP contribution in [0.15, 0.2) is 12.3 Å². The average Bonchev–Trinajstić information content (AvgIpc) is 2.63. The van der Waals surface area contributed by atoms with Gasteiger partial charge in [-0.15, -0.1) is 0 Å². The summed E-state index contributed by atoms with van der Waals surface area (Å²) >= 11 is 0. The Morgan fingerprint density at radius 1 is 1.39 bits per heavy atom. The summed E-state index contributed by atoms with van der Waals surface area (Å²) in [5.74, 6) is -2.04. The van der Waals surface area contributed by atoms with E-state index in [0.717, 1.165) is 11.3 Å². The molecule has 2 aromatic rings. The van der Waals surface area contributed by atoms with E-state index in [1.165, 1.54) is 0 Å². The van der Waals surface area contributed by atoms with E-state index >= 15 is 0 Å². The molecule has 2 heterocycles. The van der Waals surface area contributed by atoms with Crippen LogP contribution in [0.5, 0.6) is 0 Å². The number of anilines is 2. The molecule has 0 radical (unpaired) electrons. The molecule has 0 unspecified atom stereocenters. The second kappa shape index (κ2) is 4.59. The Labute approximate surface area is 103 Å². The van der Waals surface area contributed by atoms with Crippen molar-refractivity contribution in [3.8, 4) is 0 Å². The van der Waals surface area contributed by atoms with Crippen molar-refractivity contribution in [1.82, 2.24) is 14.8 Å². The summed E-state index contributed by atoms with van der Waals surface area (Å²) in [4.78, 5) is 3.61. The molecule has 0 fully saturated rings. The van der Waals surface area contributed by atoms with Gasteiger partial charge in [-0.25, -0.2) is 13.8 Å². The van der Waals surface area contributed by atoms with Crippen molar-refractivity contribution in [2.45, 2.75) is 13.5 Å². The molecule has 2 rings (SSSR count). The summed E-state index contributed by atoms with van der Waals surface area (Å²) in [7, 11) is 1.81. The highest BCUT2D eigenvalue weighted by molar-refractivity contribution is 5.45. The maximum absolute atomic E-state index is 13.4. The third-order valence-electron chi connectivity index (χ3n) is 2.74. The summed E-state index contributed by atoms with van der Waals surface area (Å²) < 4.78 is 28.0. The summed E-state index contributed by atoms with van der Waals surface area (Å²) in [5, 5.41) is 6.83. The molecule has 0 spiro atoms. The molecule has 5 nitrogen and oxygen atoms in total. The minimum absolute atomic E-state index is 0.0721. The van der Waals surface area contributed by atoms with Crippen LogP contribution >= 0.6 is 0 Å². The van der Waals surface area contributed by atoms with Gasteiger partial charge in [-0.05, 0) is 6.92 Å². The first-order valence-corrected chi connectivity index (χ1v) is 5.32. The molecule has 0 saturated carbocycles. The van der Waals surface area contributed by atoms with Gasteiger partial charge < -0.3 is 11.1 Å². The maximum atomic E-state index is 13.4. The zero-order valence-corrected chi connectivity index (χ0v) is 10.0. The molecule has 0 bridgehead atoms. The van der Waals surface area contributed by atoms with Gasteiger partial charge in [0.05, 0.1) is 6.20 Å². The van der Waals surface area contributed by atoms with Gasteiger partial charge in [0.25, 0.3) is 0 Å². The number of nitrogens with zero attached hydrogens (tertiary/aromatic N) is 3. The van der Waals surface area contributed by atoms with E-state index in [2.05, 4.69) is 15.4 Å². The topological polar surface area (TPSA) is 68.8 Å². The minimum atomic E-state index is -0.865. The molecule has 7 heteroatoms. The lowest BCUT2D eigenvalue weighted by Crippen LogP contribution is -2.07. The smallest absolute Gasteiger partial charge is 0.168 e. The number of nitrogen functional groups attached to an aromatic ring is 1. The van der Waals surface area contributed by atoms with Gasteiger partial charge >= 0.3 is 0 Å². The highest BCUT2D eigenvalue weighted by atomic mass is 19.1. The van der Waals surface area contributed by atoms with E-state index in [4.69, 9.17) is 5.73 Å². The van der Waals surface area contributed by atoms with Crippen LogP contribution in [0.25, 0.3) is 0 Å². The number of halogens is 2. The summed E-state index contributed by atoms with van der Waals surface area (Å²) in [6.45, 7) is 2.24. The number of aromatic nitrogens is 3. The molecule has 0 atom stereocenters. The van der Waals surface area contributed by atoms with Gasteiger partial charge in [0.15, 0.2) is 23.3 Å². The zero-order valence-electron chi connectivity index (χ0n) is 10.0. The third-order valence-corrected chi connectivity index (χ3v) is 2.74. The Kier molecular flexibility index (Phi) is 3.14. The van der Waals surface area contributed by atoms with Gasteiger partial charge in [0, 0.05) is 30.9 Å². The summed E-state index contributed by atoms with van der Waals surface area (Å²) in [5.41, 5.74) is 7.14. The number of nitrogens with two attached hydrogens (primary N) is 1. The predicted octanol–water partition coefficient (Wildman–Crippen LogP) is 1.60. The molecule has 0 aliphatic carbocycles. The van der Waals surface area contributed by atoms with Crippen LogP contribution in [0.2, 0.25) is 0 Å². The lowest BCUT2D eigenvalue weighted by molar-refractivity contribution is 0.579.